The van der Waals surface area contributed by atoms with Gasteiger partial charge >= 0.3 is 0 Å². The van der Waals surface area contributed by atoms with Crippen LogP contribution in [0.25, 0.3) is 71.2 Å². The minimum Gasteiger partial charge on any atom is -0.456 e. The second-order valence-corrected chi connectivity index (χ2v) is 13.0. The maximum absolute atomic E-state index is 6.45. The summed E-state index contributed by atoms with van der Waals surface area (Å²) in [4.78, 5) is 10.5. The molecule has 7 aromatic carbocycles. The number of aliphatic imine (C=N–C) groups is 2. The van der Waals surface area contributed by atoms with E-state index in [1.165, 1.54) is 5.39 Å². The van der Waals surface area contributed by atoms with Crippen LogP contribution in [-0.4, -0.2) is 20.9 Å². The van der Waals surface area contributed by atoms with Crippen molar-refractivity contribution in [1.82, 2.24) is 14.5 Å². The van der Waals surface area contributed by atoms with E-state index in [4.69, 9.17) is 14.4 Å². The van der Waals surface area contributed by atoms with Crippen molar-refractivity contribution in [2.45, 2.75) is 6.17 Å². The van der Waals surface area contributed by atoms with E-state index in [0.717, 1.165) is 82.9 Å². The molecule has 0 saturated heterocycles. The molecule has 0 fully saturated rings. The number of amidine groups is 1. The molecule has 0 amide bonds. The monoisotopic (exact) mass is 655 g/mol. The zero-order chi connectivity index (χ0) is 33.5. The molecule has 51 heavy (non-hydrogen) atoms. The van der Waals surface area contributed by atoms with Crippen LogP contribution in [0, 0.1) is 0 Å². The van der Waals surface area contributed by atoms with E-state index in [2.05, 4.69) is 148 Å². The topological polar surface area (TPSA) is 59.8 Å². The highest BCUT2D eigenvalue weighted by Gasteiger charge is 2.27. The summed E-state index contributed by atoms with van der Waals surface area (Å²) in [5, 5.41) is 10.6. The molecule has 0 saturated carbocycles. The normalized spacial score (nSPS) is 14.9. The third kappa shape index (κ3) is 4.10. The minimum atomic E-state index is -0.332. The largest absolute Gasteiger partial charge is 0.456 e. The number of nitrogens with zero attached hydrogens (tertiary/aromatic N) is 4. The van der Waals surface area contributed by atoms with Gasteiger partial charge in [0.2, 0.25) is 5.96 Å². The lowest BCUT2D eigenvalue weighted by Crippen LogP contribution is -2.37. The lowest BCUT2D eigenvalue weighted by Gasteiger charge is -2.25. The lowest BCUT2D eigenvalue weighted by molar-refractivity contribution is 0.661. The number of fused-ring (bicyclic) bond motifs is 11. The molecule has 1 atom stereocenters. The SMILES string of the molecule is c1ccc(C2=NC(c3ccccc3)NC(n3c4ccccc4c4ccc5c6ccc7oc8ccccc8c7c6n(-c6ccccc6)c5c43)=N2)cc1. The fourth-order valence-corrected chi connectivity index (χ4v) is 7.97. The summed E-state index contributed by atoms with van der Waals surface area (Å²) >= 11 is 0. The molecule has 6 nitrogen and oxygen atoms in total. The van der Waals surface area contributed by atoms with Gasteiger partial charge in [0.1, 0.15) is 17.3 Å². The summed E-state index contributed by atoms with van der Waals surface area (Å²) in [6.07, 6.45) is -0.332. The predicted molar refractivity (Wildman–Crippen MR) is 209 cm³/mol. The van der Waals surface area contributed by atoms with Gasteiger partial charge in [0.15, 0.2) is 5.84 Å². The minimum absolute atomic E-state index is 0.332. The quantitative estimate of drug-likeness (QED) is 0.206. The predicted octanol–water partition coefficient (Wildman–Crippen LogP) is 10.7. The number of rotatable bonds is 3. The van der Waals surface area contributed by atoms with Crippen molar-refractivity contribution in [3.63, 3.8) is 0 Å². The van der Waals surface area contributed by atoms with E-state index in [-0.39, 0.29) is 6.17 Å². The summed E-state index contributed by atoms with van der Waals surface area (Å²) < 4.78 is 11.2. The van der Waals surface area contributed by atoms with E-state index in [9.17, 15) is 0 Å². The smallest absolute Gasteiger partial charge is 0.212 e. The van der Waals surface area contributed by atoms with Crippen molar-refractivity contribution in [2.24, 2.45) is 9.98 Å². The standard InChI is InChI=1S/C45H29N5O/c1-4-14-28(15-5-1)43-46-44(29-16-6-2-7-17-29)48-45(47-43)50-36-22-12-10-20-31(36)32-24-25-34-33-26-27-38-39(35-21-11-13-23-37(35)51-38)40(33)49(41(34)42(32)50)30-18-8-3-9-19-30/h1-27,43H,(H,46,47,48). The molecular weight excluding hydrogens is 627 g/mol. The van der Waals surface area contributed by atoms with Gasteiger partial charge in [-0.2, -0.15) is 4.99 Å². The van der Waals surface area contributed by atoms with Gasteiger partial charge in [0, 0.05) is 38.2 Å². The van der Waals surface area contributed by atoms with Gasteiger partial charge in [-0.05, 0) is 42.0 Å². The summed E-state index contributed by atoms with van der Waals surface area (Å²) in [6.45, 7) is 0. The van der Waals surface area contributed by atoms with Crippen LogP contribution in [0.4, 0.5) is 0 Å². The Kier molecular flexibility index (Phi) is 5.92. The Hall–Kier alpha value is -6.92. The average Bonchev–Trinajstić information content (AvgIpc) is 3.86. The Balaban J connectivity index is 1.31. The highest BCUT2D eigenvalue weighted by molar-refractivity contribution is 6.30. The van der Waals surface area contributed by atoms with Crippen molar-refractivity contribution >= 4 is 77.3 Å². The second-order valence-electron chi connectivity index (χ2n) is 13.0. The molecule has 0 bridgehead atoms. The third-order valence-corrected chi connectivity index (χ3v) is 10.2. The van der Waals surface area contributed by atoms with Gasteiger partial charge in [-0.1, -0.05) is 127 Å². The molecule has 1 unspecified atom stereocenters. The molecule has 4 heterocycles. The number of hydrogen-bond donors (Lipinski definition) is 1. The summed E-state index contributed by atoms with van der Waals surface area (Å²) in [6, 6.07) is 57.1. The molecule has 0 spiro atoms. The lowest BCUT2D eigenvalue weighted by atomic mass is 10.1. The molecule has 1 aliphatic rings. The van der Waals surface area contributed by atoms with Crippen molar-refractivity contribution < 1.29 is 4.42 Å². The summed E-state index contributed by atoms with van der Waals surface area (Å²) in [5.41, 5.74) is 9.22. The molecule has 11 rings (SSSR count). The Morgan fingerprint density at radius 2 is 1.10 bits per heavy atom. The Morgan fingerprint density at radius 1 is 0.490 bits per heavy atom. The first kappa shape index (κ1) is 28.0. The first-order valence-corrected chi connectivity index (χ1v) is 17.2. The fourth-order valence-electron chi connectivity index (χ4n) is 7.97. The average molecular weight is 656 g/mol. The van der Waals surface area contributed by atoms with Crippen molar-refractivity contribution in [3.05, 3.63) is 175 Å². The van der Waals surface area contributed by atoms with Gasteiger partial charge in [0.25, 0.3) is 0 Å². The number of nitrogens with one attached hydrogen (secondary N) is 1. The van der Waals surface area contributed by atoms with Gasteiger partial charge in [-0.15, -0.1) is 0 Å². The molecule has 1 aliphatic heterocycles. The van der Waals surface area contributed by atoms with Gasteiger partial charge in [-0.25, -0.2) is 4.99 Å². The number of hydrogen-bond acceptors (Lipinski definition) is 4. The molecular formula is C45H29N5O. The van der Waals surface area contributed by atoms with E-state index >= 15 is 0 Å². The summed E-state index contributed by atoms with van der Waals surface area (Å²) in [7, 11) is 0. The van der Waals surface area contributed by atoms with Gasteiger partial charge < -0.3 is 14.3 Å². The van der Waals surface area contributed by atoms with E-state index in [1.807, 2.05) is 30.3 Å². The van der Waals surface area contributed by atoms with E-state index in [0.29, 0.717) is 5.84 Å². The van der Waals surface area contributed by atoms with Crippen LogP contribution in [0.5, 0.6) is 0 Å². The number of aromatic nitrogens is 2. The first-order chi connectivity index (χ1) is 25.3. The molecule has 0 radical (unpaired) electrons. The Bertz CT molecular complexity index is 3040. The number of benzene rings is 7. The highest BCUT2D eigenvalue weighted by atomic mass is 16.3. The van der Waals surface area contributed by atoms with Crippen LogP contribution >= 0.6 is 0 Å². The van der Waals surface area contributed by atoms with E-state index in [1.54, 1.807) is 0 Å². The number of para-hydroxylation sites is 3. The molecule has 0 aliphatic carbocycles. The Morgan fingerprint density at radius 3 is 1.90 bits per heavy atom. The van der Waals surface area contributed by atoms with E-state index < -0.39 is 0 Å². The van der Waals surface area contributed by atoms with Gasteiger partial charge in [0.05, 0.1) is 27.5 Å². The summed E-state index contributed by atoms with van der Waals surface area (Å²) in [5.74, 6) is 1.41. The third-order valence-electron chi connectivity index (χ3n) is 10.2. The Labute approximate surface area is 292 Å². The van der Waals surface area contributed by atoms with Crippen LogP contribution in [0.3, 0.4) is 0 Å². The van der Waals surface area contributed by atoms with Crippen molar-refractivity contribution in [1.29, 1.82) is 0 Å². The number of furan rings is 1. The van der Waals surface area contributed by atoms with Crippen LogP contribution in [0.1, 0.15) is 17.3 Å². The zero-order valence-corrected chi connectivity index (χ0v) is 27.4. The zero-order valence-electron chi connectivity index (χ0n) is 27.4. The van der Waals surface area contributed by atoms with Crippen LogP contribution < -0.4 is 5.32 Å². The molecule has 1 N–H and O–H groups in total. The molecule has 6 heteroatoms. The van der Waals surface area contributed by atoms with Crippen molar-refractivity contribution in [2.75, 3.05) is 0 Å². The molecule has 10 aromatic rings. The fraction of sp³-hybridized carbons (Fsp3) is 0.0222. The second kappa shape index (κ2) is 10.8. The van der Waals surface area contributed by atoms with Crippen LogP contribution in [0.15, 0.2) is 178 Å². The van der Waals surface area contributed by atoms with Crippen LogP contribution in [0.2, 0.25) is 0 Å². The molecule has 3 aromatic heterocycles. The van der Waals surface area contributed by atoms with Gasteiger partial charge in [-0.3, -0.25) is 4.57 Å². The first-order valence-electron chi connectivity index (χ1n) is 17.2. The molecule has 240 valence electrons. The van der Waals surface area contributed by atoms with Crippen molar-refractivity contribution in [3.8, 4) is 5.69 Å². The van der Waals surface area contributed by atoms with Crippen LogP contribution in [-0.2, 0) is 0 Å². The maximum Gasteiger partial charge on any atom is 0.212 e. The maximum atomic E-state index is 6.45. The highest BCUT2D eigenvalue weighted by Crippen LogP contribution is 2.44.